The standard InChI is InChI=1S/C16H17N5O3S/c22-14(4-7-21-6-2-5-17-21)20-8-9-23-12(11-20)16-18-15(19-24-16)13-3-1-10-25-13/h1-3,5-6,10,12H,4,7-9,11H2/t12-/m1/s1. The zero-order valence-electron chi connectivity index (χ0n) is 13.4. The number of aryl methyl sites for hydroxylation is 1. The zero-order valence-corrected chi connectivity index (χ0v) is 14.3. The molecule has 1 amide bonds. The second-order valence-corrected chi connectivity index (χ2v) is 6.60. The number of hydrogen-bond donors (Lipinski definition) is 0. The van der Waals surface area contributed by atoms with Crippen molar-refractivity contribution >= 4 is 17.2 Å². The van der Waals surface area contributed by atoms with Gasteiger partial charge in [0.25, 0.3) is 5.89 Å². The molecule has 130 valence electrons. The molecule has 3 aromatic heterocycles. The first-order chi connectivity index (χ1) is 12.3. The van der Waals surface area contributed by atoms with Gasteiger partial charge >= 0.3 is 0 Å². The number of rotatable bonds is 5. The lowest BCUT2D eigenvalue weighted by Crippen LogP contribution is -2.42. The van der Waals surface area contributed by atoms with Gasteiger partial charge in [-0.2, -0.15) is 10.1 Å². The number of thiophene rings is 1. The molecule has 0 spiro atoms. The lowest BCUT2D eigenvalue weighted by molar-refractivity contribution is -0.140. The molecule has 1 aliphatic heterocycles. The van der Waals surface area contributed by atoms with Crippen LogP contribution in [-0.4, -0.2) is 50.4 Å². The van der Waals surface area contributed by atoms with Crippen molar-refractivity contribution in [2.45, 2.75) is 19.1 Å². The lowest BCUT2D eigenvalue weighted by atomic mass is 10.2. The van der Waals surface area contributed by atoms with Crippen LogP contribution in [-0.2, 0) is 16.1 Å². The quantitative estimate of drug-likeness (QED) is 0.692. The van der Waals surface area contributed by atoms with E-state index < -0.39 is 0 Å². The lowest BCUT2D eigenvalue weighted by Gasteiger charge is -2.31. The first kappa shape index (κ1) is 16.0. The van der Waals surface area contributed by atoms with Gasteiger partial charge in [0.2, 0.25) is 11.7 Å². The van der Waals surface area contributed by atoms with Crippen LogP contribution in [0.4, 0.5) is 0 Å². The van der Waals surface area contributed by atoms with Crippen molar-refractivity contribution in [2.75, 3.05) is 19.7 Å². The number of morpholine rings is 1. The van der Waals surface area contributed by atoms with Crippen LogP contribution in [0.25, 0.3) is 10.7 Å². The first-order valence-corrected chi connectivity index (χ1v) is 8.92. The highest BCUT2D eigenvalue weighted by Crippen LogP contribution is 2.26. The monoisotopic (exact) mass is 359 g/mol. The zero-order chi connectivity index (χ0) is 17.1. The van der Waals surface area contributed by atoms with Gasteiger partial charge in [0.05, 0.1) is 18.0 Å². The number of nitrogens with zero attached hydrogens (tertiary/aromatic N) is 5. The van der Waals surface area contributed by atoms with Crippen LogP contribution >= 0.6 is 11.3 Å². The van der Waals surface area contributed by atoms with Gasteiger partial charge in [0, 0.05) is 31.9 Å². The Hall–Kier alpha value is -2.52. The summed E-state index contributed by atoms with van der Waals surface area (Å²) in [6.45, 7) is 2.01. The number of ether oxygens (including phenoxy) is 1. The van der Waals surface area contributed by atoms with Crippen molar-refractivity contribution in [2.24, 2.45) is 0 Å². The summed E-state index contributed by atoms with van der Waals surface area (Å²) in [6.07, 6.45) is 3.57. The van der Waals surface area contributed by atoms with Crippen molar-refractivity contribution < 1.29 is 14.1 Å². The number of aromatic nitrogens is 4. The first-order valence-electron chi connectivity index (χ1n) is 8.04. The molecule has 0 aromatic carbocycles. The summed E-state index contributed by atoms with van der Waals surface area (Å²) in [4.78, 5) is 19.6. The van der Waals surface area contributed by atoms with E-state index >= 15 is 0 Å². The maximum absolute atomic E-state index is 12.4. The highest BCUT2D eigenvalue weighted by atomic mass is 32.1. The summed E-state index contributed by atoms with van der Waals surface area (Å²) in [5, 5.41) is 10.1. The molecule has 9 heteroatoms. The Morgan fingerprint density at radius 3 is 3.16 bits per heavy atom. The molecule has 0 aliphatic carbocycles. The van der Waals surface area contributed by atoms with Gasteiger partial charge in [-0.1, -0.05) is 11.2 Å². The summed E-state index contributed by atoms with van der Waals surface area (Å²) in [5.41, 5.74) is 0. The molecule has 0 bridgehead atoms. The molecule has 8 nitrogen and oxygen atoms in total. The van der Waals surface area contributed by atoms with E-state index in [1.54, 1.807) is 27.1 Å². The Morgan fingerprint density at radius 1 is 1.40 bits per heavy atom. The van der Waals surface area contributed by atoms with Crippen molar-refractivity contribution in [3.8, 4) is 10.7 Å². The number of hydrogen-bond acceptors (Lipinski definition) is 7. The van der Waals surface area contributed by atoms with Crippen LogP contribution in [0.5, 0.6) is 0 Å². The molecule has 1 aliphatic rings. The van der Waals surface area contributed by atoms with Crippen LogP contribution in [0.3, 0.4) is 0 Å². The largest absolute Gasteiger partial charge is 0.365 e. The fourth-order valence-corrected chi connectivity index (χ4v) is 3.35. The normalized spacial score (nSPS) is 17.8. The highest BCUT2D eigenvalue weighted by Gasteiger charge is 2.29. The van der Waals surface area contributed by atoms with Gasteiger partial charge in [0.1, 0.15) is 0 Å². The summed E-state index contributed by atoms with van der Waals surface area (Å²) < 4.78 is 12.8. The van der Waals surface area contributed by atoms with Crippen LogP contribution < -0.4 is 0 Å². The topological polar surface area (TPSA) is 86.3 Å². The molecule has 1 atom stereocenters. The highest BCUT2D eigenvalue weighted by molar-refractivity contribution is 7.13. The maximum Gasteiger partial charge on any atom is 0.257 e. The molecular weight excluding hydrogens is 342 g/mol. The predicted molar refractivity (Wildman–Crippen MR) is 89.7 cm³/mol. The summed E-state index contributed by atoms with van der Waals surface area (Å²) in [6, 6.07) is 5.72. The molecule has 0 saturated carbocycles. The minimum Gasteiger partial charge on any atom is -0.365 e. The summed E-state index contributed by atoms with van der Waals surface area (Å²) >= 11 is 1.55. The Balaban J connectivity index is 1.38. The van der Waals surface area contributed by atoms with E-state index in [2.05, 4.69) is 15.2 Å². The molecule has 25 heavy (non-hydrogen) atoms. The Labute approximate surface area is 148 Å². The molecule has 0 unspecified atom stereocenters. The van der Waals surface area contributed by atoms with Crippen LogP contribution in [0.15, 0.2) is 40.5 Å². The number of amides is 1. The van der Waals surface area contributed by atoms with Gasteiger partial charge < -0.3 is 14.2 Å². The summed E-state index contributed by atoms with van der Waals surface area (Å²) in [5.74, 6) is 1.03. The van der Waals surface area contributed by atoms with E-state index in [9.17, 15) is 4.79 Å². The van der Waals surface area contributed by atoms with Crippen molar-refractivity contribution in [1.82, 2.24) is 24.8 Å². The van der Waals surface area contributed by atoms with Crippen molar-refractivity contribution in [1.29, 1.82) is 0 Å². The van der Waals surface area contributed by atoms with Crippen molar-refractivity contribution in [3.63, 3.8) is 0 Å². The molecule has 1 fully saturated rings. The molecule has 4 heterocycles. The molecule has 0 radical (unpaired) electrons. The third-order valence-electron chi connectivity index (χ3n) is 3.99. The van der Waals surface area contributed by atoms with Gasteiger partial charge in [-0.3, -0.25) is 9.48 Å². The Bertz CT molecular complexity index is 815. The van der Waals surface area contributed by atoms with Crippen LogP contribution in [0.2, 0.25) is 0 Å². The van der Waals surface area contributed by atoms with Crippen LogP contribution in [0, 0.1) is 0 Å². The molecule has 4 rings (SSSR count). The van der Waals surface area contributed by atoms with E-state index in [0.29, 0.717) is 44.4 Å². The Kier molecular flexibility index (Phi) is 4.57. The summed E-state index contributed by atoms with van der Waals surface area (Å²) in [7, 11) is 0. The number of carbonyl (C=O) groups is 1. The van der Waals surface area contributed by atoms with Gasteiger partial charge in [-0.05, 0) is 17.5 Å². The molecule has 3 aromatic rings. The predicted octanol–water partition coefficient (Wildman–Crippen LogP) is 1.98. The Morgan fingerprint density at radius 2 is 2.36 bits per heavy atom. The van der Waals surface area contributed by atoms with E-state index in [1.807, 2.05) is 29.8 Å². The molecular formula is C16H17N5O3S. The van der Waals surface area contributed by atoms with E-state index in [4.69, 9.17) is 9.26 Å². The fourth-order valence-electron chi connectivity index (χ4n) is 2.70. The van der Waals surface area contributed by atoms with E-state index in [-0.39, 0.29) is 12.0 Å². The van der Waals surface area contributed by atoms with Gasteiger partial charge in [-0.15, -0.1) is 11.3 Å². The van der Waals surface area contributed by atoms with Gasteiger partial charge in [-0.25, -0.2) is 0 Å². The number of carbonyl (C=O) groups excluding carboxylic acids is 1. The maximum atomic E-state index is 12.4. The average molecular weight is 359 g/mol. The third kappa shape index (κ3) is 3.62. The van der Waals surface area contributed by atoms with Crippen molar-refractivity contribution in [3.05, 3.63) is 41.9 Å². The second-order valence-electron chi connectivity index (χ2n) is 5.65. The SMILES string of the molecule is O=C(CCn1cccn1)N1CCO[C@@H](c2nc(-c3cccs3)no2)C1. The van der Waals surface area contributed by atoms with E-state index in [1.165, 1.54) is 0 Å². The fraction of sp³-hybridized carbons (Fsp3) is 0.375. The van der Waals surface area contributed by atoms with E-state index in [0.717, 1.165) is 4.88 Å². The average Bonchev–Trinajstić information content (AvgIpc) is 3.41. The van der Waals surface area contributed by atoms with Gasteiger partial charge in [0.15, 0.2) is 6.10 Å². The molecule has 1 saturated heterocycles. The smallest absolute Gasteiger partial charge is 0.257 e. The molecule has 0 N–H and O–H groups in total. The second kappa shape index (κ2) is 7.16. The minimum atomic E-state index is -0.386. The third-order valence-corrected chi connectivity index (χ3v) is 4.86. The minimum absolute atomic E-state index is 0.0711. The van der Waals surface area contributed by atoms with Crippen LogP contribution in [0.1, 0.15) is 18.4 Å².